The summed E-state index contributed by atoms with van der Waals surface area (Å²) in [5, 5.41) is 19.4. The number of hydrogen-bond donors (Lipinski definition) is 0. The van der Waals surface area contributed by atoms with Gasteiger partial charge < -0.3 is 4.74 Å². The van der Waals surface area contributed by atoms with E-state index in [9.17, 15) is 20.1 Å². The van der Waals surface area contributed by atoms with E-state index in [1.807, 2.05) is 18.2 Å². The van der Waals surface area contributed by atoms with Crippen molar-refractivity contribution in [1.29, 1.82) is 10.5 Å². The number of ketones is 1. The molecule has 0 aromatic heterocycles. The van der Waals surface area contributed by atoms with Crippen molar-refractivity contribution in [3.05, 3.63) is 53.1 Å². The minimum atomic E-state index is -0.749. The molecule has 4 rings (SSSR count). The van der Waals surface area contributed by atoms with Crippen molar-refractivity contribution in [2.24, 2.45) is 23.2 Å². The highest BCUT2D eigenvalue weighted by Crippen LogP contribution is 2.59. The third kappa shape index (κ3) is 3.88. The van der Waals surface area contributed by atoms with Crippen LogP contribution in [0.2, 0.25) is 0 Å². The largest absolute Gasteiger partial charge is 0.466 e. The van der Waals surface area contributed by atoms with Crippen molar-refractivity contribution in [3.8, 4) is 12.1 Å². The third-order valence-electron chi connectivity index (χ3n) is 8.56. The van der Waals surface area contributed by atoms with Crippen LogP contribution in [0.4, 0.5) is 0 Å². The van der Waals surface area contributed by atoms with Crippen molar-refractivity contribution < 1.29 is 14.3 Å². The molecule has 5 heteroatoms. The molecule has 0 radical (unpaired) electrons. The van der Waals surface area contributed by atoms with E-state index in [0.717, 1.165) is 37.7 Å². The van der Waals surface area contributed by atoms with E-state index < -0.39 is 11.9 Å². The number of hydrogen-bond acceptors (Lipinski definition) is 5. The summed E-state index contributed by atoms with van der Waals surface area (Å²) in [6, 6.07) is 10.1. The van der Waals surface area contributed by atoms with Crippen molar-refractivity contribution in [1.82, 2.24) is 0 Å². The molecule has 3 aliphatic carbocycles. The van der Waals surface area contributed by atoms with Gasteiger partial charge in [0.15, 0.2) is 0 Å². The Bertz CT molecular complexity index is 1120. The number of fused-ring (bicyclic) bond motifs is 5. The van der Waals surface area contributed by atoms with Gasteiger partial charge in [-0.25, -0.2) is 0 Å². The first-order chi connectivity index (χ1) is 16.4. The molecule has 2 saturated carbocycles. The van der Waals surface area contributed by atoms with Gasteiger partial charge in [0.25, 0.3) is 0 Å². The molecule has 1 unspecified atom stereocenters. The maximum Gasteiger partial charge on any atom is 0.313 e. The van der Waals surface area contributed by atoms with Gasteiger partial charge in [-0.2, -0.15) is 10.5 Å². The molecule has 3 aliphatic rings. The molecule has 5 atom stereocenters. The molecular formula is C29H32N2O3. The molecule has 0 amide bonds. The molecular weight excluding hydrogens is 424 g/mol. The van der Waals surface area contributed by atoms with Crippen molar-refractivity contribution in [3.63, 3.8) is 0 Å². The Balaban J connectivity index is 1.73. The van der Waals surface area contributed by atoms with Gasteiger partial charge in [-0.1, -0.05) is 31.2 Å². The summed E-state index contributed by atoms with van der Waals surface area (Å²) in [6.45, 7) is 7.91. The number of Topliss-reactive ketones (excluding diaryl/α,β-unsaturated/α-hetero) is 1. The van der Waals surface area contributed by atoms with Crippen molar-refractivity contribution in [2.75, 3.05) is 6.61 Å². The van der Waals surface area contributed by atoms with E-state index in [1.165, 1.54) is 11.1 Å². The summed E-state index contributed by atoms with van der Waals surface area (Å²) in [6.07, 6.45) is 7.55. The smallest absolute Gasteiger partial charge is 0.313 e. The molecule has 0 heterocycles. The van der Waals surface area contributed by atoms with Crippen molar-refractivity contribution in [2.45, 2.75) is 64.7 Å². The van der Waals surface area contributed by atoms with Crippen LogP contribution < -0.4 is 0 Å². The second kappa shape index (κ2) is 9.59. The Morgan fingerprint density at radius 3 is 2.71 bits per heavy atom. The van der Waals surface area contributed by atoms with E-state index >= 15 is 0 Å². The van der Waals surface area contributed by atoms with Crippen LogP contribution in [0.25, 0.3) is 5.57 Å². The number of aryl methyl sites for hydroxylation is 1. The summed E-state index contributed by atoms with van der Waals surface area (Å²) < 4.78 is 5.27. The standard InChI is InChI=1S/C29H32N2O3/c1-4-6-24(28(33)34-5-2)27(20(16-30)17-31)19-8-9-21-18(15-19)7-10-23-22(21)13-14-29(3)25(23)11-12-26(29)32/h4,8-9,15,22-25H,1,5-7,10-14H2,2-3H3/t22-,23-,24?,25+,29+/m1/s1. The number of carbonyl (C=O) groups excluding carboxylic acids is 2. The summed E-state index contributed by atoms with van der Waals surface area (Å²) in [4.78, 5) is 25.4. The zero-order valence-corrected chi connectivity index (χ0v) is 20.1. The lowest BCUT2D eigenvalue weighted by Crippen LogP contribution is -2.42. The maximum absolute atomic E-state index is 12.8. The van der Waals surface area contributed by atoms with Gasteiger partial charge in [0.1, 0.15) is 23.5 Å². The van der Waals surface area contributed by atoms with Crippen LogP contribution >= 0.6 is 0 Å². The summed E-state index contributed by atoms with van der Waals surface area (Å²) in [5.41, 5.74) is 3.48. The van der Waals surface area contributed by atoms with Crippen LogP contribution in [0.3, 0.4) is 0 Å². The molecule has 0 bridgehead atoms. The predicted molar refractivity (Wildman–Crippen MR) is 129 cm³/mol. The average Bonchev–Trinajstić information content (AvgIpc) is 3.15. The van der Waals surface area contributed by atoms with E-state index in [1.54, 1.807) is 13.0 Å². The minimum Gasteiger partial charge on any atom is -0.466 e. The Hall–Kier alpha value is -3.18. The first-order valence-electron chi connectivity index (χ1n) is 12.4. The molecule has 0 N–H and O–H groups in total. The van der Waals surface area contributed by atoms with Gasteiger partial charge in [0.2, 0.25) is 0 Å². The molecule has 34 heavy (non-hydrogen) atoms. The maximum atomic E-state index is 12.8. The fourth-order valence-electron chi connectivity index (χ4n) is 6.93. The quantitative estimate of drug-likeness (QED) is 0.312. The Morgan fingerprint density at radius 1 is 1.26 bits per heavy atom. The molecule has 0 spiro atoms. The number of rotatable bonds is 6. The van der Waals surface area contributed by atoms with Gasteiger partial charge in [-0.15, -0.1) is 6.58 Å². The van der Waals surface area contributed by atoms with Crippen LogP contribution in [0, 0.1) is 45.8 Å². The highest BCUT2D eigenvalue weighted by Gasteiger charge is 2.54. The van der Waals surface area contributed by atoms with Crippen LogP contribution in [-0.4, -0.2) is 18.4 Å². The fraction of sp³-hybridized carbons (Fsp3) is 0.517. The third-order valence-corrected chi connectivity index (χ3v) is 8.56. The first-order valence-corrected chi connectivity index (χ1v) is 12.4. The lowest BCUT2D eigenvalue weighted by Gasteiger charge is -2.48. The van der Waals surface area contributed by atoms with Gasteiger partial charge >= 0.3 is 5.97 Å². The number of nitriles is 2. The number of ether oxygens (including phenoxy) is 1. The van der Waals surface area contributed by atoms with E-state index in [2.05, 4.69) is 25.6 Å². The van der Waals surface area contributed by atoms with Crippen LogP contribution in [-0.2, 0) is 20.7 Å². The lowest BCUT2D eigenvalue weighted by atomic mass is 9.55. The summed E-state index contributed by atoms with van der Waals surface area (Å²) in [5.74, 6) is 0.679. The molecule has 0 saturated heterocycles. The first kappa shape index (κ1) is 24.0. The normalized spacial score (nSPS) is 27.8. The zero-order valence-electron chi connectivity index (χ0n) is 20.1. The Kier molecular flexibility index (Phi) is 6.76. The average molecular weight is 457 g/mol. The lowest BCUT2D eigenvalue weighted by molar-refractivity contribution is -0.145. The summed E-state index contributed by atoms with van der Waals surface area (Å²) in [7, 11) is 0. The van der Waals surface area contributed by atoms with Crippen LogP contribution in [0.15, 0.2) is 36.4 Å². The highest BCUT2D eigenvalue weighted by atomic mass is 16.5. The highest BCUT2D eigenvalue weighted by molar-refractivity contribution is 5.92. The van der Waals surface area contributed by atoms with E-state index in [0.29, 0.717) is 35.5 Å². The van der Waals surface area contributed by atoms with Gasteiger partial charge in [-0.3, -0.25) is 9.59 Å². The Morgan fingerprint density at radius 2 is 2.03 bits per heavy atom. The second-order valence-corrected chi connectivity index (χ2v) is 10.1. The van der Waals surface area contributed by atoms with E-state index in [-0.39, 0.29) is 24.0 Å². The molecule has 1 aromatic carbocycles. The predicted octanol–water partition coefficient (Wildman–Crippen LogP) is 5.67. The van der Waals surface area contributed by atoms with E-state index in [4.69, 9.17) is 4.74 Å². The minimum absolute atomic E-state index is 0.0635. The number of benzene rings is 1. The Labute approximate surface area is 202 Å². The molecule has 176 valence electrons. The van der Waals surface area contributed by atoms with Gasteiger partial charge in [0, 0.05) is 17.4 Å². The number of allylic oxidation sites excluding steroid dienone is 2. The molecule has 2 fully saturated rings. The summed E-state index contributed by atoms with van der Waals surface area (Å²) >= 11 is 0. The van der Waals surface area contributed by atoms with Crippen LogP contribution in [0.5, 0.6) is 0 Å². The van der Waals surface area contributed by atoms with Crippen molar-refractivity contribution >= 4 is 17.3 Å². The zero-order chi connectivity index (χ0) is 24.5. The number of esters is 1. The number of carbonyl (C=O) groups is 2. The fourth-order valence-corrected chi connectivity index (χ4v) is 6.93. The van der Waals surface area contributed by atoms with Crippen LogP contribution in [0.1, 0.15) is 75.0 Å². The second-order valence-electron chi connectivity index (χ2n) is 10.1. The monoisotopic (exact) mass is 456 g/mol. The van der Waals surface area contributed by atoms with Gasteiger partial charge in [0.05, 0.1) is 12.5 Å². The molecule has 1 aromatic rings. The number of nitrogens with zero attached hydrogens (tertiary/aromatic N) is 2. The molecule has 5 nitrogen and oxygen atoms in total. The topological polar surface area (TPSA) is 90.9 Å². The molecule has 0 aliphatic heterocycles. The van der Waals surface area contributed by atoms with Gasteiger partial charge in [-0.05, 0) is 79.9 Å². The SMILES string of the molecule is C=CCC(C(=O)OCC)C(=C(C#N)C#N)c1ccc2c(c1)CC[C@@H]1[C@@H]2CC[C@]2(C)C(=O)CC[C@@H]12.